The van der Waals surface area contributed by atoms with Crippen LogP contribution < -0.4 is 4.74 Å². The number of carbonyl (C=O) groups is 2. The summed E-state index contributed by atoms with van der Waals surface area (Å²) in [6.07, 6.45) is 0. The van der Waals surface area contributed by atoms with Crippen LogP contribution >= 0.6 is 11.8 Å². The van der Waals surface area contributed by atoms with Crippen LogP contribution in [0.15, 0.2) is 59.5 Å². The first-order valence-electron chi connectivity index (χ1n) is 7.64. The number of thioether (sulfide) groups is 1. The molecule has 6 nitrogen and oxygen atoms in total. The van der Waals surface area contributed by atoms with E-state index in [2.05, 4.69) is 0 Å². The molecule has 0 spiro atoms. The zero-order valence-electron chi connectivity index (χ0n) is 13.6. The van der Waals surface area contributed by atoms with Gasteiger partial charge in [0.05, 0.1) is 12.0 Å². The van der Waals surface area contributed by atoms with Crippen molar-refractivity contribution in [2.75, 3.05) is 13.7 Å². The molecule has 1 aliphatic rings. The lowest BCUT2D eigenvalue weighted by molar-refractivity contribution is -0.215. The van der Waals surface area contributed by atoms with E-state index in [4.69, 9.17) is 14.3 Å². The monoisotopic (exact) mass is 359 g/mol. The average molecular weight is 359 g/mol. The first kappa shape index (κ1) is 17.5. The summed E-state index contributed by atoms with van der Waals surface area (Å²) in [4.78, 5) is 30.7. The lowest BCUT2D eigenvalue weighted by atomic mass is 10.2. The Bertz CT molecular complexity index is 752. The van der Waals surface area contributed by atoms with Crippen LogP contribution in [0, 0.1) is 0 Å². The lowest BCUT2D eigenvalue weighted by Crippen LogP contribution is -2.49. The van der Waals surface area contributed by atoms with E-state index in [9.17, 15) is 9.59 Å². The molecule has 1 aliphatic heterocycles. The highest BCUT2D eigenvalue weighted by atomic mass is 32.2. The summed E-state index contributed by atoms with van der Waals surface area (Å²) in [5.41, 5.74) is -0.00621. The summed E-state index contributed by atoms with van der Waals surface area (Å²) in [6, 6.07) is 16.6. The van der Waals surface area contributed by atoms with Gasteiger partial charge in [-0.2, -0.15) is 0 Å². The maximum atomic E-state index is 12.6. The Morgan fingerprint density at radius 2 is 1.84 bits per heavy atom. The van der Waals surface area contributed by atoms with Gasteiger partial charge in [0.2, 0.25) is 0 Å². The number of ether oxygens (including phenoxy) is 2. The molecule has 0 bridgehead atoms. The van der Waals surface area contributed by atoms with Gasteiger partial charge in [0.15, 0.2) is 5.44 Å². The third-order valence-corrected chi connectivity index (χ3v) is 4.64. The molecular formula is C18H17NO5S. The first-order chi connectivity index (χ1) is 12.2. The molecule has 0 saturated carbocycles. The zero-order valence-corrected chi connectivity index (χ0v) is 14.4. The number of rotatable bonds is 6. The van der Waals surface area contributed by atoms with E-state index in [1.54, 1.807) is 13.2 Å². The number of hydrogen-bond acceptors (Lipinski definition) is 6. The zero-order chi connectivity index (χ0) is 17.6. The van der Waals surface area contributed by atoms with E-state index in [1.807, 2.05) is 48.5 Å². The fourth-order valence-electron chi connectivity index (χ4n) is 2.26. The van der Waals surface area contributed by atoms with Gasteiger partial charge in [-0.25, -0.2) is 0 Å². The van der Waals surface area contributed by atoms with E-state index in [-0.39, 0.29) is 13.2 Å². The molecule has 1 atom stereocenters. The van der Waals surface area contributed by atoms with Crippen molar-refractivity contribution in [2.45, 2.75) is 16.9 Å². The van der Waals surface area contributed by atoms with Gasteiger partial charge < -0.3 is 9.47 Å². The SMILES string of the molecule is COc1ccccc1SC1OCC(=O)N(OCc2ccccc2)C1=O. The van der Waals surface area contributed by atoms with Gasteiger partial charge in [0.25, 0.3) is 11.8 Å². The first-order valence-corrected chi connectivity index (χ1v) is 8.52. The molecule has 1 heterocycles. The van der Waals surface area contributed by atoms with E-state index in [0.29, 0.717) is 5.75 Å². The molecule has 0 aliphatic carbocycles. The van der Waals surface area contributed by atoms with Crippen molar-refractivity contribution in [3.63, 3.8) is 0 Å². The second-order valence-electron chi connectivity index (χ2n) is 5.20. The minimum Gasteiger partial charge on any atom is -0.496 e. The molecule has 1 saturated heterocycles. The molecule has 2 amide bonds. The Morgan fingerprint density at radius 3 is 2.60 bits per heavy atom. The van der Waals surface area contributed by atoms with Crippen LogP contribution in [0.4, 0.5) is 0 Å². The quantitative estimate of drug-likeness (QED) is 0.739. The number of para-hydroxylation sites is 1. The average Bonchev–Trinajstić information content (AvgIpc) is 2.65. The van der Waals surface area contributed by atoms with Crippen molar-refractivity contribution < 1.29 is 23.9 Å². The second-order valence-corrected chi connectivity index (χ2v) is 6.30. The van der Waals surface area contributed by atoms with Crippen molar-refractivity contribution in [2.24, 2.45) is 0 Å². The van der Waals surface area contributed by atoms with Gasteiger partial charge in [-0.3, -0.25) is 14.4 Å². The molecule has 2 aromatic rings. The van der Waals surface area contributed by atoms with Gasteiger partial charge in [-0.15, -0.1) is 5.06 Å². The van der Waals surface area contributed by atoms with E-state index in [1.165, 1.54) is 11.8 Å². The molecule has 0 aromatic heterocycles. The highest BCUT2D eigenvalue weighted by molar-refractivity contribution is 8.00. The molecule has 0 radical (unpaired) electrons. The van der Waals surface area contributed by atoms with Crippen LogP contribution in [-0.2, 0) is 25.8 Å². The number of nitrogens with zero attached hydrogens (tertiary/aromatic N) is 1. The second kappa shape index (κ2) is 8.15. The Kier molecular flexibility index (Phi) is 5.70. The normalized spacial score (nSPS) is 17.6. The Morgan fingerprint density at radius 1 is 1.12 bits per heavy atom. The molecule has 7 heteroatoms. The van der Waals surface area contributed by atoms with Gasteiger partial charge in [-0.1, -0.05) is 54.2 Å². The van der Waals surface area contributed by atoms with Crippen LogP contribution in [0.5, 0.6) is 5.75 Å². The number of hydrogen-bond donors (Lipinski definition) is 0. The van der Waals surface area contributed by atoms with Crippen molar-refractivity contribution in [3.8, 4) is 5.75 Å². The maximum Gasteiger partial charge on any atom is 0.293 e. The fourth-order valence-corrected chi connectivity index (χ4v) is 3.25. The topological polar surface area (TPSA) is 65.1 Å². The van der Waals surface area contributed by atoms with E-state index < -0.39 is 17.3 Å². The van der Waals surface area contributed by atoms with Gasteiger partial charge >= 0.3 is 0 Å². The summed E-state index contributed by atoms with van der Waals surface area (Å²) >= 11 is 1.18. The smallest absolute Gasteiger partial charge is 0.293 e. The number of hydroxylamine groups is 2. The minimum absolute atomic E-state index is 0.129. The van der Waals surface area contributed by atoms with Crippen molar-refractivity contribution in [1.29, 1.82) is 0 Å². The van der Waals surface area contributed by atoms with Crippen LogP contribution in [-0.4, -0.2) is 36.0 Å². The summed E-state index contributed by atoms with van der Waals surface area (Å²) in [5, 5.41) is 0.795. The van der Waals surface area contributed by atoms with Gasteiger partial charge in [0, 0.05) is 0 Å². The minimum atomic E-state index is -0.871. The Balaban J connectivity index is 1.68. The van der Waals surface area contributed by atoms with Crippen LogP contribution in [0.3, 0.4) is 0 Å². The highest BCUT2D eigenvalue weighted by Gasteiger charge is 2.37. The molecule has 25 heavy (non-hydrogen) atoms. The summed E-state index contributed by atoms with van der Waals surface area (Å²) in [7, 11) is 1.56. The third kappa shape index (κ3) is 4.19. The number of amides is 2. The molecule has 130 valence electrons. The van der Waals surface area contributed by atoms with E-state index in [0.717, 1.165) is 15.5 Å². The Labute approximate surface area is 149 Å². The molecule has 1 fully saturated rings. The molecule has 0 N–H and O–H groups in total. The lowest BCUT2D eigenvalue weighted by Gasteiger charge is -2.29. The molecule has 2 aromatic carbocycles. The largest absolute Gasteiger partial charge is 0.496 e. The van der Waals surface area contributed by atoms with Crippen LogP contribution in [0.2, 0.25) is 0 Å². The number of carbonyl (C=O) groups excluding carboxylic acids is 2. The van der Waals surface area contributed by atoms with E-state index >= 15 is 0 Å². The number of morpholine rings is 1. The summed E-state index contributed by atoms with van der Waals surface area (Å²) in [5.74, 6) is -0.418. The molecular weight excluding hydrogens is 342 g/mol. The number of methoxy groups -OCH3 is 1. The fraction of sp³-hybridized carbons (Fsp3) is 0.222. The highest BCUT2D eigenvalue weighted by Crippen LogP contribution is 2.34. The predicted octanol–water partition coefficient (Wildman–Crippen LogP) is 2.63. The summed E-state index contributed by atoms with van der Waals surface area (Å²) < 4.78 is 10.7. The van der Waals surface area contributed by atoms with Crippen LogP contribution in [0.25, 0.3) is 0 Å². The van der Waals surface area contributed by atoms with Crippen molar-refractivity contribution >= 4 is 23.6 Å². The maximum absolute atomic E-state index is 12.6. The third-order valence-electron chi connectivity index (χ3n) is 3.49. The molecule has 1 unspecified atom stereocenters. The molecule has 3 rings (SSSR count). The Hall–Kier alpha value is -2.35. The van der Waals surface area contributed by atoms with Crippen molar-refractivity contribution in [3.05, 3.63) is 60.2 Å². The number of imide groups is 1. The number of benzene rings is 2. The summed E-state index contributed by atoms with van der Waals surface area (Å²) in [6.45, 7) is -0.0856. The standard InChI is InChI=1S/C18H17NO5S/c1-22-14-9-5-6-10-15(14)25-18-17(21)19(16(20)12-23-18)24-11-13-7-3-2-4-8-13/h2-10,18H,11-12H2,1H3. The van der Waals surface area contributed by atoms with Gasteiger partial charge in [-0.05, 0) is 17.7 Å². The van der Waals surface area contributed by atoms with Crippen LogP contribution in [0.1, 0.15) is 5.56 Å². The van der Waals surface area contributed by atoms with Crippen molar-refractivity contribution in [1.82, 2.24) is 5.06 Å². The van der Waals surface area contributed by atoms with Gasteiger partial charge in [0.1, 0.15) is 19.0 Å². The predicted molar refractivity (Wildman–Crippen MR) is 91.7 cm³/mol.